The Kier molecular flexibility index (Phi) is 11.9. The van der Waals surface area contributed by atoms with Crippen molar-refractivity contribution in [3.63, 3.8) is 0 Å². The van der Waals surface area contributed by atoms with E-state index in [1.807, 2.05) is 54.5 Å². The van der Waals surface area contributed by atoms with Crippen LogP contribution in [0.1, 0.15) is 80.6 Å². The summed E-state index contributed by atoms with van der Waals surface area (Å²) in [4.78, 5) is 52.0. The third kappa shape index (κ3) is 8.70. The van der Waals surface area contributed by atoms with Gasteiger partial charge in [0, 0.05) is 17.9 Å². The van der Waals surface area contributed by atoms with E-state index in [0.29, 0.717) is 23.2 Å². The molecular formula is C36H51ClN4O7. The first-order valence-electron chi connectivity index (χ1n) is 16.9. The third-order valence-corrected chi connectivity index (χ3v) is 9.48. The van der Waals surface area contributed by atoms with E-state index in [0.717, 1.165) is 25.7 Å². The largest absolute Gasteiger partial charge is 0.497 e. The highest BCUT2D eigenvalue weighted by molar-refractivity contribution is 6.31. The average molecular weight is 687 g/mol. The van der Waals surface area contributed by atoms with Gasteiger partial charge in [-0.1, -0.05) is 59.2 Å². The zero-order chi connectivity index (χ0) is 35.4. The molecule has 48 heavy (non-hydrogen) atoms. The van der Waals surface area contributed by atoms with Crippen LogP contribution in [0.25, 0.3) is 11.0 Å². The Morgan fingerprint density at radius 1 is 1.21 bits per heavy atom. The molecule has 2 aromatic rings. The van der Waals surface area contributed by atoms with E-state index in [9.17, 15) is 14.4 Å². The van der Waals surface area contributed by atoms with Gasteiger partial charge in [-0.05, 0) is 62.5 Å². The van der Waals surface area contributed by atoms with Gasteiger partial charge in [0.1, 0.15) is 29.5 Å². The van der Waals surface area contributed by atoms with E-state index in [1.54, 1.807) is 25.3 Å². The predicted octanol–water partition coefficient (Wildman–Crippen LogP) is 6.75. The third-order valence-electron chi connectivity index (χ3n) is 9.23. The molecule has 1 aliphatic carbocycles. The lowest BCUT2D eigenvalue weighted by molar-refractivity contribution is -0.157. The number of allylic oxidation sites excluding steroid dienone is 1. The van der Waals surface area contributed by atoms with Gasteiger partial charge >= 0.3 is 12.1 Å². The number of carbonyl (C=O) groups is 3. The van der Waals surface area contributed by atoms with Crippen molar-refractivity contribution in [2.75, 3.05) is 20.3 Å². The minimum Gasteiger partial charge on any atom is -0.497 e. The summed E-state index contributed by atoms with van der Waals surface area (Å²) in [7, 11) is 1.56. The molecule has 1 aliphatic heterocycles. The average Bonchev–Trinajstić information content (AvgIpc) is 3.50. The van der Waals surface area contributed by atoms with Gasteiger partial charge in [0.15, 0.2) is 5.15 Å². The second-order valence-corrected chi connectivity index (χ2v) is 15.0. The Bertz CT molecular complexity index is 1490. The fourth-order valence-electron chi connectivity index (χ4n) is 6.34. The van der Waals surface area contributed by atoms with Crippen LogP contribution >= 0.6 is 11.6 Å². The summed E-state index contributed by atoms with van der Waals surface area (Å²) in [6, 6.07) is 3.28. The minimum atomic E-state index is -1.00. The SMILES string of the molecule is C=CCCCC1CC1(C)OC(=O)N[C@H](C(=O)N1C[C@H](Oc2nc3cc(OC)ccc3nc2Cl)[C@@H](CC)[C@H]1C(=O)OCC(C)C)C(C)(C)C. The van der Waals surface area contributed by atoms with Gasteiger partial charge in [0.05, 0.1) is 31.3 Å². The molecule has 0 bridgehead atoms. The molecule has 2 unspecified atom stereocenters. The fourth-order valence-corrected chi connectivity index (χ4v) is 6.52. The number of benzene rings is 1. The van der Waals surface area contributed by atoms with Gasteiger partial charge in [0.25, 0.3) is 5.88 Å². The number of likely N-dealkylation sites (tertiary alicyclic amines) is 1. The molecule has 1 saturated carbocycles. The summed E-state index contributed by atoms with van der Waals surface area (Å²) in [5.74, 6) is -0.378. The molecule has 1 saturated heterocycles. The van der Waals surface area contributed by atoms with Gasteiger partial charge in [-0.3, -0.25) is 4.79 Å². The number of hydrogen-bond acceptors (Lipinski definition) is 9. The Morgan fingerprint density at radius 3 is 2.56 bits per heavy atom. The van der Waals surface area contributed by atoms with Crippen LogP contribution in [0.15, 0.2) is 30.9 Å². The van der Waals surface area contributed by atoms with Crippen LogP contribution < -0.4 is 14.8 Å². The number of methoxy groups -OCH3 is 1. The van der Waals surface area contributed by atoms with Crippen LogP contribution in [0.3, 0.4) is 0 Å². The zero-order valence-corrected chi connectivity index (χ0v) is 30.3. The smallest absolute Gasteiger partial charge is 0.408 e. The molecule has 1 aromatic heterocycles. The summed E-state index contributed by atoms with van der Waals surface area (Å²) in [6.45, 7) is 17.3. The van der Waals surface area contributed by atoms with Crippen molar-refractivity contribution in [3.8, 4) is 11.6 Å². The van der Waals surface area contributed by atoms with Gasteiger partial charge in [-0.15, -0.1) is 6.58 Å². The van der Waals surface area contributed by atoms with E-state index in [-0.39, 0.29) is 36.0 Å². The van der Waals surface area contributed by atoms with Crippen LogP contribution in [-0.2, 0) is 19.1 Å². The van der Waals surface area contributed by atoms with Crippen molar-refractivity contribution in [2.24, 2.45) is 23.2 Å². The predicted molar refractivity (Wildman–Crippen MR) is 184 cm³/mol. The van der Waals surface area contributed by atoms with Crippen molar-refractivity contribution in [3.05, 3.63) is 36.0 Å². The summed E-state index contributed by atoms with van der Waals surface area (Å²) in [5, 5.41) is 2.90. The molecule has 12 heteroatoms. The number of rotatable bonds is 14. The highest BCUT2D eigenvalue weighted by Gasteiger charge is 2.55. The lowest BCUT2D eigenvalue weighted by atomic mass is 9.85. The van der Waals surface area contributed by atoms with Crippen molar-refractivity contribution >= 4 is 40.6 Å². The van der Waals surface area contributed by atoms with Gasteiger partial charge in [0.2, 0.25) is 5.91 Å². The summed E-state index contributed by atoms with van der Waals surface area (Å²) in [5.41, 5.74) is -0.219. The second-order valence-electron chi connectivity index (χ2n) is 14.6. The Balaban J connectivity index is 1.60. The molecule has 2 aliphatic rings. The highest BCUT2D eigenvalue weighted by atomic mass is 35.5. The number of nitrogens with one attached hydrogen (secondary N) is 1. The van der Waals surface area contributed by atoms with Crippen LogP contribution in [0, 0.1) is 23.2 Å². The topological polar surface area (TPSA) is 129 Å². The maximum atomic E-state index is 14.5. The van der Waals surface area contributed by atoms with Gasteiger partial charge in [-0.2, -0.15) is 0 Å². The number of ether oxygens (including phenoxy) is 4. The number of aromatic nitrogens is 2. The summed E-state index contributed by atoms with van der Waals surface area (Å²) >= 11 is 6.53. The standard InChI is InChI=1S/C36H51ClN4O7/c1-10-12-13-14-22-18-36(22,8)48-34(44)40-29(35(5,6)7)32(42)41-19-27(24(11-2)28(41)33(43)46-20-21(3)4)47-31-30(37)38-25-16-15-23(45-9)17-26(25)39-31/h10,15-17,21-22,24,27-29H,1,11-14,18-20H2,2-9H3,(H,40,44)/t22?,24-,27+,28+,29-,36?/m1/s1. The van der Waals surface area contributed by atoms with Gasteiger partial charge < -0.3 is 29.2 Å². The van der Waals surface area contributed by atoms with Crippen LogP contribution in [0.5, 0.6) is 11.6 Å². The molecule has 1 N–H and O–H groups in total. The maximum absolute atomic E-state index is 14.5. The van der Waals surface area contributed by atoms with Crippen LogP contribution in [0.4, 0.5) is 4.79 Å². The molecule has 2 fully saturated rings. The van der Waals surface area contributed by atoms with Crippen molar-refractivity contribution in [2.45, 2.75) is 104 Å². The quantitative estimate of drug-likeness (QED) is 0.130. The van der Waals surface area contributed by atoms with Crippen LogP contribution in [0.2, 0.25) is 5.15 Å². The molecule has 1 aromatic carbocycles. The van der Waals surface area contributed by atoms with Crippen molar-refractivity contribution in [1.82, 2.24) is 20.2 Å². The number of carbonyl (C=O) groups excluding carboxylic acids is 3. The first-order valence-corrected chi connectivity index (χ1v) is 17.2. The van der Waals surface area contributed by atoms with E-state index < -0.39 is 53.1 Å². The molecule has 2 heterocycles. The minimum absolute atomic E-state index is 0.0410. The summed E-state index contributed by atoms with van der Waals surface area (Å²) in [6.07, 6.45) is 4.64. The molecule has 4 rings (SSSR count). The molecule has 6 atom stereocenters. The Morgan fingerprint density at radius 2 is 1.94 bits per heavy atom. The fraction of sp³-hybridized carbons (Fsp3) is 0.639. The number of amides is 2. The molecule has 0 radical (unpaired) electrons. The zero-order valence-electron chi connectivity index (χ0n) is 29.5. The van der Waals surface area contributed by atoms with E-state index in [2.05, 4.69) is 21.9 Å². The molecule has 2 amide bonds. The normalized spacial score (nSPS) is 24.2. The number of halogens is 1. The second kappa shape index (κ2) is 15.3. The first-order chi connectivity index (χ1) is 22.6. The maximum Gasteiger partial charge on any atom is 0.408 e. The van der Waals surface area contributed by atoms with Crippen molar-refractivity contribution in [1.29, 1.82) is 0 Å². The number of hydrogen-bond donors (Lipinski definition) is 1. The molecule has 11 nitrogen and oxygen atoms in total. The summed E-state index contributed by atoms with van der Waals surface area (Å²) < 4.78 is 23.3. The molecule has 264 valence electrons. The molecule has 0 spiro atoms. The van der Waals surface area contributed by atoms with E-state index in [1.165, 1.54) is 4.90 Å². The Hall–Kier alpha value is -3.60. The number of fused-ring (bicyclic) bond motifs is 1. The monoisotopic (exact) mass is 686 g/mol. The number of nitrogens with zero attached hydrogens (tertiary/aromatic N) is 3. The number of alkyl carbamates (subject to hydrolysis) is 1. The van der Waals surface area contributed by atoms with Crippen LogP contribution in [-0.4, -0.2) is 76.9 Å². The lowest BCUT2D eigenvalue weighted by Crippen LogP contribution is -2.57. The molecular weight excluding hydrogens is 636 g/mol. The Labute approximate surface area is 289 Å². The first kappa shape index (κ1) is 37.2. The van der Waals surface area contributed by atoms with E-state index >= 15 is 0 Å². The lowest BCUT2D eigenvalue weighted by Gasteiger charge is -2.35. The van der Waals surface area contributed by atoms with Gasteiger partial charge in [-0.25, -0.2) is 19.6 Å². The number of unbranched alkanes of at least 4 members (excludes halogenated alkanes) is 1. The van der Waals surface area contributed by atoms with Crippen molar-refractivity contribution < 1.29 is 33.3 Å². The highest BCUT2D eigenvalue weighted by Crippen LogP contribution is 2.49. The number of esters is 1. The van der Waals surface area contributed by atoms with E-state index in [4.69, 9.17) is 30.5 Å².